The van der Waals surface area contributed by atoms with Crippen molar-refractivity contribution in [2.45, 2.75) is 19.5 Å². The average molecular weight is 361 g/mol. The predicted octanol–water partition coefficient (Wildman–Crippen LogP) is 2.88. The number of hydrogen-bond acceptors (Lipinski definition) is 4. The summed E-state index contributed by atoms with van der Waals surface area (Å²) in [6, 6.07) is 8.32. The molecule has 1 N–H and O–H groups in total. The lowest BCUT2D eigenvalue weighted by Crippen LogP contribution is -2.49. The van der Waals surface area contributed by atoms with Crippen molar-refractivity contribution in [2.75, 3.05) is 32.7 Å². The summed E-state index contributed by atoms with van der Waals surface area (Å²) >= 11 is 1.73. The lowest BCUT2D eigenvalue weighted by atomic mass is 10.1. The fourth-order valence-corrected chi connectivity index (χ4v) is 3.73. The molecule has 0 unspecified atom stereocenters. The van der Waals surface area contributed by atoms with E-state index in [4.69, 9.17) is 0 Å². The quantitative estimate of drug-likeness (QED) is 0.859. The molecular formula is C19H24FN3OS. The highest BCUT2D eigenvalue weighted by molar-refractivity contribution is 7.07. The van der Waals surface area contributed by atoms with Gasteiger partial charge in [0.05, 0.1) is 12.6 Å². The first kappa shape index (κ1) is 18.0. The molecule has 0 bridgehead atoms. The van der Waals surface area contributed by atoms with Crippen LogP contribution in [-0.2, 0) is 11.3 Å². The molecule has 6 heteroatoms. The summed E-state index contributed by atoms with van der Waals surface area (Å²) in [6.45, 7) is 7.10. The van der Waals surface area contributed by atoms with Crippen LogP contribution >= 0.6 is 11.3 Å². The van der Waals surface area contributed by atoms with Crippen LogP contribution in [0.1, 0.15) is 24.1 Å². The summed E-state index contributed by atoms with van der Waals surface area (Å²) < 4.78 is 13.0. The summed E-state index contributed by atoms with van der Waals surface area (Å²) in [6.07, 6.45) is 0. The molecule has 1 aromatic heterocycles. The Morgan fingerprint density at radius 2 is 1.84 bits per heavy atom. The van der Waals surface area contributed by atoms with Gasteiger partial charge in [0.15, 0.2) is 0 Å². The highest BCUT2D eigenvalue weighted by Crippen LogP contribution is 2.14. The summed E-state index contributed by atoms with van der Waals surface area (Å²) in [4.78, 5) is 16.9. The number of rotatable bonds is 6. The van der Waals surface area contributed by atoms with Gasteiger partial charge < -0.3 is 5.32 Å². The van der Waals surface area contributed by atoms with Crippen LogP contribution in [-0.4, -0.2) is 48.4 Å². The van der Waals surface area contributed by atoms with E-state index < -0.39 is 0 Å². The van der Waals surface area contributed by atoms with Gasteiger partial charge in [0.1, 0.15) is 5.82 Å². The maximum absolute atomic E-state index is 13.0. The monoisotopic (exact) mass is 361 g/mol. The van der Waals surface area contributed by atoms with E-state index in [0.717, 1.165) is 38.3 Å². The Kier molecular flexibility index (Phi) is 6.18. The van der Waals surface area contributed by atoms with Crippen molar-refractivity contribution in [3.05, 3.63) is 58.0 Å². The van der Waals surface area contributed by atoms with Gasteiger partial charge in [0.25, 0.3) is 0 Å². The second-order valence-electron chi connectivity index (χ2n) is 6.52. The molecule has 2 heterocycles. The number of amides is 1. The Labute approximate surface area is 152 Å². The Morgan fingerprint density at radius 3 is 2.48 bits per heavy atom. The molecule has 2 aromatic rings. The topological polar surface area (TPSA) is 35.6 Å². The van der Waals surface area contributed by atoms with Crippen LogP contribution in [0.3, 0.4) is 0 Å². The SMILES string of the molecule is C[C@@H](NC(=O)CN1CCN(Cc2ccsc2)CC1)c1ccc(F)cc1. The number of thiophene rings is 1. The van der Waals surface area contributed by atoms with Crippen LogP contribution in [0.5, 0.6) is 0 Å². The third kappa shape index (κ3) is 5.36. The van der Waals surface area contributed by atoms with E-state index in [2.05, 4.69) is 31.9 Å². The molecule has 1 amide bonds. The summed E-state index contributed by atoms with van der Waals surface area (Å²) in [5, 5.41) is 7.30. The molecule has 1 fully saturated rings. The van der Waals surface area contributed by atoms with Crippen LogP contribution in [0.2, 0.25) is 0 Å². The maximum Gasteiger partial charge on any atom is 0.234 e. The second-order valence-corrected chi connectivity index (χ2v) is 7.30. The number of benzene rings is 1. The van der Waals surface area contributed by atoms with E-state index in [1.54, 1.807) is 23.5 Å². The van der Waals surface area contributed by atoms with Gasteiger partial charge in [-0.2, -0.15) is 11.3 Å². The average Bonchev–Trinajstić information content (AvgIpc) is 3.10. The maximum atomic E-state index is 13.0. The van der Waals surface area contributed by atoms with Crippen molar-refractivity contribution >= 4 is 17.2 Å². The van der Waals surface area contributed by atoms with E-state index in [9.17, 15) is 9.18 Å². The zero-order valence-electron chi connectivity index (χ0n) is 14.5. The minimum absolute atomic E-state index is 0.0168. The zero-order valence-corrected chi connectivity index (χ0v) is 15.3. The van der Waals surface area contributed by atoms with E-state index >= 15 is 0 Å². The van der Waals surface area contributed by atoms with Gasteiger partial charge in [-0.25, -0.2) is 4.39 Å². The highest BCUT2D eigenvalue weighted by atomic mass is 32.1. The fourth-order valence-electron chi connectivity index (χ4n) is 3.07. The van der Waals surface area contributed by atoms with E-state index in [1.807, 2.05) is 6.92 Å². The van der Waals surface area contributed by atoms with E-state index in [1.165, 1.54) is 17.7 Å². The van der Waals surface area contributed by atoms with Gasteiger partial charge in [0.2, 0.25) is 5.91 Å². The molecule has 1 aromatic carbocycles. The first-order valence-electron chi connectivity index (χ1n) is 8.61. The summed E-state index contributed by atoms with van der Waals surface area (Å²) in [5.41, 5.74) is 2.28. The van der Waals surface area contributed by atoms with Crippen LogP contribution < -0.4 is 5.32 Å². The lowest BCUT2D eigenvalue weighted by Gasteiger charge is -2.34. The number of piperazine rings is 1. The molecule has 0 spiro atoms. The molecule has 1 aliphatic heterocycles. The number of nitrogens with zero attached hydrogens (tertiary/aromatic N) is 2. The molecule has 0 radical (unpaired) electrons. The molecular weight excluding hydrogens is 337 g/mol. The van der Waals surface area contributed by atoms with Gasteiger partial charge in [-0.15, -0.1) is 0 Å². The fraction of sp³-hybridized carbons (Fsp3) is 0.421. The van der Waals surface area contributed by atoms with Gasteiger partial charge in [-0.05, 0) is 47.0 Å². The third-order valence-corrected chi connectivity index (χ3v) is 5.30. The smallest absolute Gasteiger partial charge is 0.234 e. The summed E-state index contributed by atoms with van der Waals surface area (Å²) in [5.74, 6) is -0.245. The van der Waals surface area contributed by atoms with Gasteiger partial charge in [-0.3, -0.25) is 14.6 Å². The van der Waals surface area contributed by atoms with Crippen LogP contribution in [0.15, 0.2) is 41.1 Å². The normalized spacial score (nSPS) is 17.4. The molecule has 0 aliphatic carbocycles. The Balaban J connectivity index is 1.40. The minimum atomic E-state index is -0.261. The predicted molar refractivity (Wildman–Crippen MR) is 99.0 cm³/mol. The molecule has 1 atom stereocenters. The van der Waals surface area contributed by atoms with Crippen molar-refractivity contribution in [3.8, 4) is 0 Å². The Morgan fingerprint density at radius 1 is 1.16 bits per heavy atom. The lowest BCUT2D eigenvalue weighted by molar-refractivity contribution is -0.123. The largest absolute Gasteiger partial charge is 0.348 e. The number of nitrogens with one attached hydrogen (secondary N) is 1. The molecule has 3 rings (SSSR count). The molecule has 25 heavy (non-hydrogen) atoms. The van der Waals surface area contributed by atoms with Crippen molar-refractivity contribution < 1.29 is 9.18 Å². The highest BCUT2D eigenvalue weighted by Gasteiger charge is 2.20. The first-order valence-corrected chi connectivity index (χ1v) is 9.55. The van der Waals surface area contributed by atoms with Crippen molar-refractivity contribution in [2.24, 2.45) is 0 Å². The number of carbonyl (C=O) groups is 1. The Hall–Kier alpha value is -1.76. The first-order chi connectivity index (χ1) is 12.1. The standard InChI is InChI=1S/C19H24FN3OS/c1-15(17-2-4-18(20)5-3-17)21-19(24)13-23-9-7-22(8-10-23)12-16-6-11-25-14-16/h2-6,11,14-15H,7-10,12-13H2,1H3,(H,21,24)/t15-/m1/s1. The van der Waals surface area contributed by atoms with Crippen molar-refractivity contribution in [1.29, 1.82) is 0 Å². The number of halogens is 1. The molecule has 1 saturated heterocycles. The second kappa shape index (κ2) is 8.56. The zero-order chi connectivity index (χ0) is 17.6. The van der Waals surface area contributed by atoms with Crippen LogP contribution in [0.4, 0.5) is 4.39 Å². The van der Waals surface area contributed by atoms with Crippen LogP contribution in [0, 0.1) is 5.82 Å². The van der Waals surface area contributed by atoms with Gasteiger partial charge in [0, 0.05) is 32.7 Å². The van der Waals surface area contributed by atoms with Crippen molar-refractivity contribution in [3.63, 3.8) is 0 Å². The number of hydrogen-bond donors (Lipinski definition) is 1. The number of carbonyl (C=O) groups excluding carboxylic acids is 1. The van der Waals surface area contributed by atoms with Gasteiger partial charge >= 0.3 is 0 Å². The van der Waals surface area contributed by atoms with Gasteiger partial charge in [-0.1, -0.05) is 12.1 Å². The minimum Gasteiger partial charge on any atom is -0.348 e. The third-order valence-electron chi connectivity index (χ3n) is 4.57. The molecule has 134 valence electrons. The van der Waals surface area contributed by atoms with Crippen LogP contribution in [0.25, 0.3) is 0 Å². The molecule has 0 saturated carbocycles. The summed E-state index contributed by atoms with van der Waals surface area (Å²) in [7, 11) is 0. The molecule has 4 nitrogen and oxygen atoms in total. The van der Waals surface area contributed by atoms with E-state index in [-0.39, 0.29) is 17.8 Å². The van der Waals surface area contributed by atoms with Crippen molar-refractivity contribution in [1.82, 2.24) is 15.1 Å². The Bertz CT molecular complexity index is 666. The van der Waals surface area contributed by atoms with E-state index in [0.29, 0.717) is 6.54 Å². The molecule has 1 aliphatic rings.